The van der Waals surface area contributed by atoms with E-state index in [0.29, 0.717) is 19.4 Å². The zero-order valence-corrected chi connectivity index (χ0v) is 16.6. The highest BCUT2D eigenvalue weighted by molar-refractivity contribution is 5.77. The lowest BCUT2D eigenvalue weighted by Gasteiger charge is -2.32. The van der Waals surface area contributed by atoms with Gasteiger partial charge in [0.05, 0.1) is 5.60 Å². The van der Waals surface area contributed by atoms with Crippen LogP contribution < -0.4 is 5.73 Å². The predicted octanol–water partition coefficient (Wildman–Crippen LogP) is 0.413. The van der Waals surface area contributed by atoms with Gasteiger partial charge in [0, 0.05) is 38.5 Å². The highest BCUT2D eigenvalue weighted by Gasteiger charge is 2.34. The number of nitrogens with zero attached hydrogens (tertiary/aromatic N) is 3. The summed E-state index contributed by atoms with van der Waals surface area (Å²) in [5.41, 5.74) is 4.74. The summed E-state index contributed by atoms with van der Waals surface area (Å²) < 4.78 is 0. The number of primary amides is 1. The molecule has 3 N–H and O–H groups in total. The van der Waals surface area contributed by atoms with Crippen molar-refractivity contribution in [2.45, 2.75) is 57.0 Å². The first-order chi connectivity index (χ1) is 13.0. The van der Waals surface area contributed by atoms with Gasteiger partial charge in [-0.1, -0.05) is 0 Å². The third-order valence-corrected chi connectivity index (χ3v) is 6.62. The molecule has 0 aromatic carbocycles. The van der Waals surface area contributed by atoms with E-state index in [4.69, 9.17) is 5.73 Å². The zero-order valence-electron chi connectivity index (χ0n) is 16.6. The van der Waals surface area contributed by atoms with E-state index in [1.165, 1.54) is 12.8 Å². The maximum absolute atomic E-state index is 12.7. The van der Waals surface area contributed by atoms with Gasteiger partial charge in [-0.3, -0.25) is 9.59 Å². The van der Waals surface area contributed by atoms with Crippen LogP contribution in [0, 0.1) is 5.92 Å². The summed E-state index contributed by atoms with van der Waals surface area (Å²) in [5, 5.41) is 11.0. The molecule has 0 aromatic heterocycles. The lowest BCUT2D eigenvalue weighted by molar-refractivity contribution is -0.132. The van der Waals surface area contributed by atoms with Crippen LogP contribution in [0.5, 0.6) is 0 Å². The van der Waals surface area contributed by atoms with Crippen molar-refractivity contribution >= 4 is 11.8 Å². The SMILES string of the molecule is NC(=O)C1CCN(CCC(=O)N2CCCC(O)(CN3CCCC3)CC2)CC1. The van der Waals surface area contributed by atoms with Gasteiger partial charge in [0.25, 0.3) is 0 Å². The Labute approximate surface area is 162 Å². The van der Waals surface area contributed by atoms with Crippen LogP contribution >= 0.6 is 0 Å². The molecule has 1 atom stereocenters. The first kappa shape index (κ1) is 20.6. The minimum Gasteiger partial charge on any atom is -0.388 e. The second-order valence-corrected chi connectivity index (χ2v) is 8.71. The largest absolute Gasteiger partial charge is 0.388 e. The van der Waals surface area contributed by atoms with Gasteiger partial charge in [-0.05, 0) is 71.1 Å². The van der Waals surface area contributed by atoms with Gasteiger partial charge in [-0.25, -0.2) is 0 Å². The molecule has 1 unspecified atom stereocenters. The molecule has 0 bridgehead atoms. The topological polar surface area (TPSA) is 90.1 Å². The molecular formula is C20H36N4O3. The summed E-state index contributed by atoms with van der Waals surface area (Å²) in [7, 11) is 0. The molecule has 0 aliphatic carbocycles. The molecule has 0 aromatic rings. The lowest BCUT2D eigenvalue weighted by Crippen LogP contribution is -2.43. The Bertz CT molecular complexity index is 515. The van der Waals surface area contributed by atoms with Crippen molar-refractivity contribution in [1.82, 2.24) is 14.7 Å². The highest BCUT2D eigenvalue weighted by atomic mass is 16.3. The molecule has 7 heteroatoms. The molecule has 3 saturated heterocycles. The van der Waals surface area contributed by atoms with E-state index in [1.54, 1.807) is 0 Å². The van der Waals surface area contributed by atoms with E-state index in [9.17, 15) is 14.7 Å². The molecule has 3 aliphatic heterocycles. The van der Waals surface area contributed by atoms with Crippen molar-refractivity contribution in [2.75, 3.05) is 52.4 Å². The summed E-state index contributed by atoms with van der Waals surface area (Å²) in [6.07, 6.45) is 6.93. The maximum atomic E-state index is 12.7. The van der Waals surface area contributed by atoms with E-state index in [-0.39, 0.29) is 17.7 Å². The van der Waals surface area contributed by atoms with Crippen LogP contribution in [0.2, 0.25) is 0 Å². The molecule has 7 nitrogen and oxygen atoms in total. The predicted molar refractivity (Wildman–Crippen MR) is 104 cm³/mol. The van der Waals surface area contributed by atoms with Gasteiger partial charge in [0.2, 0.25) is 11.8 Å². The Morgan fingerprint density at radius 3 is 2.30 bits per heavy atom. The molecule has 27 heavy (non-hydrogen) atoms. The molecule has 3 rings (SSSR count). The van der Waals surface area contributed by atoms with Crippen molar-refractivity contribution in [1.29, 1.82) is 0 Å². The Hall–Kier alpha value is -1.18. The second-order valence-electron chi connectivity index (χ2n) is 8.71. The number of amides is 2. The Morgan fingerprint density at radius 2 is 1.63 bits per heavy atom. The molecule has 3 aliphatic rings. The van der Waals surface area contributed by atoms with E-state index in [2.05, 4.69) is 9.80 Å². The normalized spacial score (nSPS) is 29.0. The van der Waals surface area contributed by atoms with Gasteiger partial charge in [-0.15, -0.1) is 0 Å². The fraction of sp³-hybridized carbons (Fsp3) is 0.900. The van der Waals surface area contributed by atoms with Crippen LogP contribution in [0.1, 0.15) is 51.4 Å². The fourth-order valence-electron chi connectivity index (χ4n) is 4.80. The molecule has 0 radical (unpaired) electrons. The van der Waals surface area contributed by atoms with Crippen LogP contribution in [0.4, 0.5) is 0 Å². The average Bonchev–Trinajstić information content (AvgIpc) is 3.07. The number of carbonyl (C=O) groups is 2. The number of carbonyl (C=O) groups excluding carboxylic acids is 2. The quantitative estimate of drug-likeness (QED) is 0.697. The third kappa shape index (κ3) is 5.90. The van der Waals surface area contributed by atoms with Crippen molar-refractivity contribution in [3.05, 3.63) is 0 Å². The van der Waals surface area contributed by atoms with Gasteiger partial charge in [0.15, 0.2) is 0 Å². The van der Waals surface area contributed by atoms with Crippen molar-refractivity contribution in [3.8, 4) is 0 Å². The number of hydrogen-bond acceptors (Lipinski definition) is 5. The fourth-order valence-corrected chi connectivity index (χ4v) is 4.80. The zero-order chi connectivity index (χ0) is 19.3. The van der Waals surface area contributed by atoms with Crippen LogP contribution in [0.3, 0.4) is 0 Å². The number of rotatable bonds is 6. The number of β-amino-alcohol motifs (C(OH)–C–C–N with tert-alkyl or cyclic N) is 1. The minimum absolute atomic E-state index is 0.00385. The first-order valence-electron chi connectivity index (χ1n) is 10.7. The second kappa shape index (κ2) is 9.34. The molecule has 154 valence electrons. The third-order valence-electron chi connectivity index (χ3n) is 6.62. The monoisotopic (exact) mass is 380 g/mol. The number of aliphatic hydroxyl groups is 1. The molecule has 3 heterocycles. The maximum Gasteiger partial charge on any atom is 0.223 e. The van der Waals surface area contributed by atoms with Crippen molar-refractivity contribution in [2.24, 2.45) is 11.7 Å². The van der Waals surface area contributed by atoms with Crippen molar-refractivity contribution < 1.29 is 14.7 Å². The van der Waals surface area contributed by atoms with E-state index < -0.39 is 5.60 Å². The summed E-state index contributed by atoms with van der Waals surface area (Å²) >= 11 is 0. The smallest absolute Gasteiger partial charge is 0.223 e. The minimum atomic E-state index is -0.643. The Balaban J connectivity index is 1.39. The summed E-state index contributed by atoms with van der Waals surface area (Å²) in [6.45, 7) is 6.79. The number of hydrogen-bond donors (Lipinski definition) is 2. The number of likely N-dealkylation sites (tertiary alicyclic amines) is 3. The summed E-state index contributed by atoms with van der Waals surface area (Å²) in [6, 6.07) is 0. The van der Waals surface area contributed by atoms with Crippen LogP contribution in [-0.4, -0.2) is 89.6 Å². The summed E-state index contributed by atoms with van der Waals surface area (Å²) in [4.78, 5) is 30.5. The van der Waals surface area contributed by atoms with Crippen molar-refractivity contribution in [3.63, 3.8) is 0 Å². The van der Waals surface area contributed by atoms with Gasteiger partial charge in [-0.2, -0.15) is 0 Å². The van der Waals surface area contributed by atoms with E-state index >= 15 is 0 Å². The molecule has 0 spiro atoms. The van der Waals surface area contributed by atoms with Crippen LogP contribution in [0.25, 0.3) is 0 Å². The highest BCUT2D eigenvalue weighted by Crippen LogP contribution is 2.25. The van der Waals surface area contributed by atoms with Gasteiger partial charge >= 0.3 is 0 Å². The summed E-state index contributed by atoms with van der Waals surface area (Å²) in [5.74, 6) is -0.00926. The van der Waals surface area contributed by atoms with Crippen LogP contribution in [0.15, 0.2) is 0 Å². The standard InChI is InChI=1S/C20H36N4O3/c21-19(26)17-4-12-22(13-5-17)14-6-18(25)24-11-3-7-20(27,8-15-24)16-23-9-1-2-10-23/h17,27H,1-16H2,(H2,21,26). The molecule has 2 amide bonds. The van der Waals surface area contributed by atoms with E-state index in [0.717, 1.165) is 71.5 Å². The lowest BCUT2D eigenvalue weighted by atomic mass is 9.94. The van der Waals surface area contributed by atoms with Crippen LogP contribution in [-0.2, 0) is 9.59 Å². The molecular weight excluding hydrogens is 344 g/mol. The number of piperidine rings is 1. The Kier molecular flexibility index (Phi) is 7.11. The molecule has 0 saturated carbocycles. The number of nitrogens with two attached hydrogens (primary N) is 1. The first-order valence-corrected chi connectivity index (χ1v) is 10.7. The molecule has 3 fully saturated rings. The van der Waals surface area contributed by atoms with E-state index in [1.807, 2.05) is 4.90 Å². The van der Waals surface area contributed by atoms with Gasteiger partial charge in [0.1, 0.15) is 0 Å². The van der Waals surface area contributed by atoms with Gasteiger partial charge < -0.3 is 25.5 Å². The average molecular weight is 381 g/mol. The Morgan fingerprint density at radius 1 is 0.926 bits per heavy atom.